The lowest BCUT2D eigenvalue weighted by Crippen LogP contribution is -2.50. The van der Waals surface area contributed by atoms with Crippen molar-refractivity contribution >= 4 is 57.1 Å². The van der Waals surface area contributed by atoms with E-state index in [1.807, 2.05) is 96.3 Å². The Hall–Kier alpha value is -3.49. The number of H-pyrrole nitrogens is 1. The summed E-state index contributed by atoms with van der Waals surface area (Å²) in [6.45, 7) is 13.2. The van der Waals surface area contributed by atoms with Crippen molar-refractivity contribution in [3.8, 4) is 0 Å². The molecule has 6 N–H and O–H groups in total. The largest absolute Gasteiger partial charge is 0.380 e. The zero-order valence-corrected chi connectivity index (χ0v) is 31.6. The lowest BCUT2D eigenvalue weighted by molar-refractivity contribution is -0.137. The molecule has 0 bridgehead atoms. The van der Waals surface area contributed by atoms with Crippen molar-refractivity contribution in [3.05, 3.63) is 69.4 Å². The number of aromatic amines is 1. The molecule has 2 atom stereocenters. The first kappa shape index (κ1) is 39.9. The fourth-order valence-electron chi connectivity index (χ4n) is 5.61. The summed E-state index contributed by atoms with van der Waals surface area (Å²) >= 11 is 2.25. The Morgan fingerprint density at radius 1 is 0.898 bits per heavy atom. The highest BCUT2D eigenvalue weighted by Crippen LogP contribution is 2.24. The highest BCUT2D eigenvalue weighted by Gasteiger charge is 2.29. The minimum atomic E-state index is -0.905. The van der Waals surface area contributed by atoms with Crippen LogP contribution in [0.25, 0.3) is 10.9 Å². The van der Waals surface area contributed by atoms with Gasteiger partial charge in [0.05, 0.1) is 13.2 Å². The average molecular weight is 790 g/mol. The number of amides is 4. The molecule has 49 heavy (non-hydrogen) atoms. The van der Waals surface area contributed by atoms with Crippen LogP contribution in [0.2, 0.25) is 0 Å². The van der Waals surface area contributed by atoms with E-state index in [0.29, 0.717) is 32.6 Å². The number of aromatic nitrogens is 1. The third kappa shape index (κ3) is 13.7. The minimum Gasteiger partial charge on any atom is -0.380 e. The quantitative estimate of drug-likeness (QED) is 0.0553. The maximum atomic E-state index is 13.6. The monoisotopic (exact) mass is 789 g/mol. The van der Waals surface area contributed by atoms with Crippen LogP contribution in [0.5, 0.6) is 0 Å². The summed E-state index contributed by atoms with van der Waals surface area (Å²) in [4.78, 5) is 54.9. The zero-order valence-electron chi connectivity index (χ0n) is 29.5. The molecule has 0 spiro atoms. The van der Waals surface area contributed by atoms with Crippen molar-refractivity contribution in [1.29, 1.82) is 0 Å². The number of hydrogen-bond acceptors (Lipinski definition) is 6. The Labute approximate surface area is 303 Å². The molecule has 3 rings (SSSR count). The number of hydroxylamine groups is 1. The number of rotatable bonds is 19. The number of carbonyl (C=O) groups excluding carboxylic acids is 4. The van der Waals surface area contributed by atoms with Crippen LogP contribution in [0.1, 0.15) is 71.9 Å². The van der Waals surface area contributed by atoms with E-state index in [1.54, 1.807) is 5.48 Å². The number of hydrogen-bond donors (Lipinski definition) is 6. The van der Waals surface area contributed by atoms with Crippen LogP contribution < -0.4 is 21.4 Å². The second-order valence-electron chi connectivity index (χ2n) is 14.8. The van der Waals surface area contributed by atoms with Gasteiger partial charge in [0.2, 0.25) is 23.6 Å². The van der Waals surface area contributed by atoms with E-state index in [2.05, 4.69) is 43.5 Å². The van der Waals surface area contributed by atoms with E-state index in [-0.39, 0.29) is 37.1 Å². The van der Waals surface area contributed by atoms with Crippen molar-refractivity contribution in [1.82, 2.24) is 26.4 Å². The maximum Gasteiger partial charge on any atom is 0.246 e. The molecule has 1 aromatic heterocycles. The molecular formula is C37H52IN5O6. The summed E-state index contributed by atoms with van der Waals surface area (Å²) < 4.78 is 7.22. The molecule has 0 radical (unpaired) electrons. The van der Waals surface area contributed by atoms with Crippen LogP contribution in [-0.4, -0.2) is 59.6 Å². The molecular weight excluding hydrogens is 737 g/mol. The van der Waals surface area contributed by atoms with Gasteiger partial charge >= 0.3 is 0 Å². The number of nitrogens with one attached hydrogen (secondary N) is 5. The average Bonchev–Trinajstić information content (AvgIpc) is 3.44. The number of ether oxygens (including phenoxy) is 1. The summed E-state index contributed by atoms with van der Waals surface area (Å²) in [5.74, 6) is -2.11. The normalized spacial score (nSPS) is 13.2. The standard InChI is InChI=1S/C37H52IN5O6/c1-24(2)15-26(34(46)43-48)17-32(44)42-31(16-27-20-39-30-10-8-7-9-29(27)30)35(47)41-21-37(5,6)23-49-22-36(3,4)18-33(45)40-19-25-11-13-28(38)14-12-25/h7-14,20,24,26,31,39,48H,15-19,21-23H2,1-6H3,(H,40,45)(H,41,47)(H,42,44)(H,43,46)/t26?,31-/m0/s1. The maximum absolute atomic E-state index is 13.6. The van der Waals surface area contributed by atoms with E-state index in [1.165, 1.54) is 0 Å². The van der Waals surface area contributed by atoms with E-state index in [9.17, 15) is 24.4 Å². The van der Waals surface area contributed by atoms with Crippen LogP contribution in [0, 0.1) is 26.2 Å². The molecule has 12 heteroatoms. The fourth-order valence-corrected chi connectivity index (χ4v) is 5.97. The van der Waals surface area contributed by atoms with E-state index >= 15 is 0 Å². The van der Waals surface area contributed by atoms with Crippen LogP contribution >= 0.6 is 22.6 Å². The van der Waals surface area contributed by atoms with Gasteiger partial charge in [-0.05, 0) is 69.7 Å². The molecule has 0 saturated carbocycles. The lowest BCUT2D eigenvalue weighted by atomic mass is 9.89. The summed E-state index contributed by atoms with van der Waals surface area (Å²) in [5.41, 5.74) is 3.64. The minimum absolute atomic E-state index is 0.0468. The Balaban J connectivity index is 1.57. The van der Waals surface area contributed by atoms with Gasteiger partial charge in [-0.2, -0.15) is 0 Å². The zero-order chi connectivity index (χ0) is 36.2. The number of halogens is 1. The smallest absolute Gasteiger partial charge is 0.246 e. The van der Waals surface area contributed by atoms with Crippen LogP contribution in [0.3, 0.4) is 0 Å². The fraction of sp³-hybridized carbons (Fsp3) is 0.514. The number of benzene rings is 2. The number of para-hydroxylation sites is 1. The van der Waals surface area contributed by atoms with Crippen molar-refractivity contribution in [2.24, 2.45) is 22.7 Å². The van der Waals surface area contributed by atoms with E-state index in [4.69, 9.17) is 4.74 Å². The topological polar surface area (TPSA) is 162 Å². The molecule has 1 heterocycles. The second kappa shape index (κ2) is 18.5. The van der Waals surface area contributed by atoms with Gasteiger partial charge in [-0.25, -0.2) is 5.48 Å². The predicted molar refractivity (Wildman–Crippen MR) is 198 cm³/mol. The molecule has 4 amide bonds. The molecule has 0 saturated heterocycles. The van der Waals surface area contributed by atoms with Gasteiger partial charge in [-0.1, -0.05) is 71.9 Å². The highest BCUT2D eigenvalue weighted by atomic mass is 127. The Morgan fingerprint density at radius 3 is 2.24 bits per heavy atom. The van der Waals surface area contributed by atoms with Gasteiger partial charge in [-0.3, -0.25) is 24.4 Å². The SMILES string of the molecule is CC(C)CC(CC(=O)N[C@@H](Cc1c[nH]c2ccccc12)C(=O)NCC(C)(C)COCC(C)(C)CC(=O)NCc1ccc(I)cc1)C(=O)NO. The van der Waals surface area contributed by atoms with Gasteiger partial charge < -0.3 is 25.7 Å². The highest BCUT2D eigenvalue weighted by molar-refractivity contribution is 14.1. The molecule has 11 nitrogen and oxygen atoms in total. The summed E-state index contributed by atoms with van der Waals surface area (Å²) in [6.07, 6.45) is 2.62. The van der Waals surface area contributed by atoms with Crippen LogP contribution in [0.4, 0.5) is 0 Å². The number of carbonyl (C=O) groups is 4. The van der Waals surface area contributed by atoms with Crippen molar-refractivity contribution in [3.63, 3.8) is 0 Å². The van der Waals surface area contributed by atoms with Gasteiger partial charge in [0.15, 0.2) is 0 Å². The van der Waals surface area contributed by atoms with Gasteiger partial charge in [0.1, 0.15) is 6.04 Å². The summed E-state index contributed by atoms with van der Waals surface area (Å²) in [6, 6.07) is 14.8. The van der Waals surface area contributed by atoms with Gasteiger partial charge in [-0.15, -0.1) is 0 Å². The third-order valence-electron chi connectivity index (χ3n) is 8.19. The molecule has 3 aromatic rings. The Bertz CT molecular complexity index is 1550. The molecule has 268 valence electrons. The van der Waals surface area contributed by atoms with Gasteiger partial charge in [0, 0.05) is 64.4 Å². The van der Waals surface area contributed by atoms with Gasteiger partial charge in [0.25, 0.3) is 0 Å². The first-order valence-corrected chi connectivity index (χ1v) is 17.8. The van der Waals surface area contributed by atoms with Crippen molar-refractivity contribution in [2.75, 3.05) is 19.8 Å². The molecule has 1 unspecified atom stereocenters. The second-order valence-corrected chi connectivity index (χ2v) is 16.1. The van der Waals surface area contributed by atoms with E-state index in [0.717, 1.165) is 25.6 Å². The number of fused-ring (bicyclic) bond motifs is 1. The predicted octanol–water partition coefficient (Wildman–Crippen LogP) is 5.25. The summed E-state index contributed by atoms with van der Waals surface area (Å²) in [7, 11) is 0. The third-order valence-corrected chi connectivity index (χ3v) is 8.91. The first-order chi connectivity index (χ1) is 23.1. The Morgan fingerprint density at radius 2 is 1.57 bits per heavy atom. The molecule has 0 aliphatic rings. The summed E-state index contributed by atoms with van der Waals surface area (Å²) in [5, 5.41) is 19.0. The Kier molecular flexibility index (Phi) is 15.1. The molecule has 2 aromatic carbocycles. The van der Waals surface area contributed by atoms with Crippen LogP contribution in [-0.2, 0) is 36.9 Å². The molecule has 0 fully saturated rings. The first-order valence-electron chi connectivity index (χ1n) is 16.7. The van der Waals surface area contributed by atoms with Crippen LogP contribution in [0.15, 0.2) is 54.7 Å². The van der Waals surface area contributed by atoms with E-state index < -0.39 is 34.6 Å². The van der Waals surface area contributed by atoms with Crippen molar-refractivity contribution < 1.29 is 29.1 Å². The molecule has 0 aliphatic carbocycles. The van der Waals surface area contributed by atoms with Crippen molar-refractivity contribution in [2.45, 2.75) is 79.8 Å². The molecule has 0 aliphatic heterocycles. The lowest BCUT2D eigenvalue weighted by Gasteiger charge is -2.29.